The maximum absolute atomic E-state index is 13.1. The van der Waals surface area contributed by atoms with Crippen molar-refractivity contribution in [1.82, 2.24) is 4.98 Å². The highest BCUT2D eigenvalue weighted by Crippen LogP contribution is 2.38. The molecule has 0 atom stereocenters. The fourth-order valence-electron chi connectivity index (χ4n) is 3.24. The summed E-state index contributed by atoms with van der Waals surface area (Å²) in [4.78, 5) is 43.6. The number of carbonyl (C=O) groups is 3. The Morgan fingerprint density at radius 1 is 1.03 bits per heavy atom. The highest BCUT2D eigenvalue weighted by atomic mass is 32.1. The number of hydrogen-bond acceptors (Lipinski definition) is 9. The number of hydrogen-bond donors (Lipinski definition) is 2. The number of rotatable bonds is 6. The first-order valence-electron chi connectivity index (χ1n) is 9.64. The molecule has 0 saturated carbocycles. The average molecular weight is 462 g/mol. The molecule has 0 radical (unpaired) electrons. The summed E-state index contributed by atoms with van der Waals surface area (Å²) in [7, 11) is 0. The van der Waals surface area contributed by atoms with E-state index < -0.39 is 17.8 Å². The normalized spacial score (nSPS) is 10.9. The Labute approximate surface area is 187 Å². The number of carbonyl (C=O) groups excluding carboxylic acids is 3. The van der Waals surface area contributed by atoms with Crippen LogP contribution in [0.2, 0.25) is 0 Å². The van der Waals surface area contributed by atoms with E-state index in [1.54, 1.807) is 20.8 Å². The quantitative estimate of drug-likeness (QED) is 0.520. The molecule has 1 amide bonds. The number of pyridine rings is 1. The standard InChI is InChI=1S/C21H23N3O5S2/c1-6-28-20(26)13-11(5)15(21(27)29-7-2)30-19(13)24-17(25)16-14(22)12-9(3)8-10(4)23-18(12)31-16/h8H,6-7,22H2,1-5H3,(H,24,25). The molecule has 0 aliphatic rings. The number of ether oxygens (including phenoxy) is 2. The van der Waals surface area contributed by atoms with Crippen molar-refractivity contribution in [3.63, 3.8) is 0 Å². The zero-order valence-corrected chi connectivity index (χ0v) is 19.5. The average Bonchev–Trinajstić information content (AvgIpc) is 3.19. The third kappa shape index (κ3) is 4.26. The molecule has 3 aromatic heterocycles. The smallest absolute Gasteiger partial charge is 0.348 e. The van der Waals surface area contributed by atoms with E-state index in [0.717, 1.165) is 28.0 Å². The maximum atomic E-state index is 13.1. The first-order valence-corrected chi connectivity index (χ1v) is 11.3. The second-order valence-electron chi connectivity index (χ2n) is 6.76. The number of nitrogen functional groups attached to an aromatic ring is 1. The Morgan fingerprint density at radius 3 is 2.32 bits per heavy atom. The number of anilines is 2. The van der Waals surface area contributed by atoms with Gasteiger partial charge in [-0.2, -0.15) is 0 Å². The molecule has 10 heteroatoms. The van der Waals surface area contributed by atoms with E-state index in [4.69, 9.17) is 15.2 Å². The summed E-state index contributed by atoms with van der Waals surface area (Å²) in [5, 5.41) is 3.68. The van der Waals surface area contributed by atoms with Crippen molar-refractivity contribution in [3.8, 4) is 0 Å². The van der Waals surface area contributed by atoms with E-state index in [-0.39, 0.29) is 33.5 Å². The van der Waals surface area contributed by atoms with Crippen LogP contribution in [0.25, 0.3) is 10.2 Å². The van der Waals surface area contributed by atoms with Crippen molar-refractivity contribution in [2.45, 2.75) is 34.6 Å². The molecule has 3 aromatic rings. The van der Waals surface area contributed by atoms with Gasteiger partial charge in [0.25, 0.3) is 5.91 Å². The lowest BCUT2D eigenvalue weighted by Gasteiger charge is -2.07. The number of fused-ring (bicyclic) bond motifs is 1. The van der Waals surface area contributed by atoms with Gasteiger partial charge in [-0.15, -0.1) is 22.7 Å². The van der Waals surface area contributed by atoms with Crippen molar-refractivity contribution in [2.24, 2.45) is 0 Å². The van der Waals surface area contributed by atoms with E-state index in [9.17, 15) is 14.4 Å². The highest BCUT2D eigenvalue weighted by Gasteiger charge is 2.28. The summed E-state index contributed by atoms with van der Waals surface area (Å²) in [6, 6.07) is 1.90. The van der Waals surface area contributed by atoms with Crippen LogP contribution >= 0.6 is 22.7 Å². The molecule has 0 aliphatic heterocycles. The van der Waals surface area contributed by atoms with Crippen LogP contribution in [0.15, 0.2) is 6.07 Å². The van der Waals surface area contributed by atoms with Crippen LogP contribution < -0.4 is 11.1 Å². The molecule has 3 heterocycles. The number of nitrogens with two attached hydrogens (primary N) is 1. The topological polar surface area (TPSA) is 121 Å². The minimum Gasteiger partial charge on any atom is -0.462 e. The Morgan fingerprint density at radius 2 is 1.68 bits per heavy atom. The third-order valence-electron chi connectivity index (χ3n) is 4.54. The maximum Gasteiger partial charge on any atom is 0.348 e. The van der Waals surface area contributed by atoms with E-state index in [1.807, 2.05) is 19.9 Å². The summed E-state index contributed by atoms with van der Waals surface area (Å²) in [5.74, 6) is -1.67. The number of esters is 2. The number of thiophene rings is 2. The van der Waals surface area contributed by atoms with Crippen molar-refractivity contribution < 1.29 is 23.9 Å². The second-order valence-corrected chi connectivity index (χ2v) is 8.78. The van der Waals surface area contributed by atoms with Gasteiger partial charge in [-0.25, -0.2) is 14.6 Å². The molecule has 0 saturated heterocycles. The molecule has 31 heavy (non-hydrogen) atoms. The van der Waals surface area contributed by atoms with Gasteiger partial charge in [0.1, 0.15) is 19.6 Å². The van der Waals surface area contributed by atoms with Gasteiger partial charge in [-0.1, -0.05) is 0 Å². The molecule has 0 aromatic carbocycles. The van der Waals surface area contributed by atoms with Crippen LogP contribution in [0.3, 0.4) is 0 Å². The van der Waals surface area contributed by atoms with Crippen molar-refractivity contribution in [1.29, 1.82) is 0 Å². The van der Waals surface area contributed by atoms with Crippen molar-refractivity contribution >= 4 is 61.4 Å². The van der Waals surface area contributed by atoms with Gasteiger partial charge in [-0.3, -0.25) is 4.79 Å². The summed E-state index contributed by atoms with van der Waals surface area (Å²) >= 11 is 2.15. The lowest BCUT2D eigenvalue weighted by molar-refractivity contribution is 0.0527. The Kier molecular flexibility index (Phi) is 6.61. The van der Waals surface area contributed by atoms with E-state index in [2.05, 4.69) is 10.3 Å². The van der Waals surface area contributed by atoms with Crippen LogP contribution in [0, 0.1) is 20.8 Å². The second kappa shape index (κ2) is 9.03. The Hall–Kier alpha value is -2.98. The van der Waals surface area contributed by atoms with Gasteiger partial charge in [0, 0.05) is 11.1 Å². The van der Waals surface area contributed by atoms with Gasteiger partial charge >= 0.3 is 11.9 Å². The highest BCUT2D eigenvalue weighted by molar-refractivity contribution is 7.21. The van der Waals surface area contributed by atoms with Crippen LogP contribution in [-0.2, 0) is 9.47 Å². The van der Waals surface area contributed by atoms with Gasteiger partial charge < -0.3 is 20.5 Å². The fraction of sp³-hybridized carbons (Fsp3) is 0.333. The third-order valence-corrected chi connectivity index (χ3v) is 6.83. The molecule has 0 aliphatic carbocycles. The minimum atomic E-state index is -0.625. The Bertz CT molecular complexity index is 1200. The van der Waals surface area contributed by atoms with Gasteiger partial charge in [0.05, 0.1) is 24.5 Å². The SMILES string of the molecule is CCOC(=O)c1sc(NC(=O)c2sc3nc(C)cc(C)c3c2N)c(C(=O)OCC)c1C. The van der Waals surface area contributed by atoms with Crippen LogP contribution in [0.5, 0.6) is 0 Å². The largest absolute Gasteiger partial charge is 0.462 e. The molecule has 0 fully saturated rings. The number of aryl methyl sites for hydroxylation is 2. The van der Waals surface area contributed by atoms with Crippen LogP contribution in [0.1, 0.15) is 60.4 Å². The van der Waals surface area contributed by atoms with Crippen LogP contribution in [-0.4, -0.2) is 36.0 Å². The van der Waals surface area contributed by atoms with Crippen LogP contribution in [0.4, 0.5) is 10.7 Å². The van der Waals surface area contributed by atoms with Gasteiger partial charge in [-0.05, 0) is 51.8 Å². The molecule has 0 spiro atoms. The molecule has 0 bridgehead atoms. The molecule has 164 valence electrons. The molecule has 8 nitrogen and oxygen atoms in total. The summed E-state index contributed by atoms with van der Waals surface area (Å²) < 4.78 is 10.2. The minimum absolute atomic E-state index is 0.132. The molecular weight excluding hydrogens is 438 g/mol. The fourth-order valence-corrected chi connectivity index (χ4v) is 5.44. The lowest BCUT2D eigenvalue weighted by atomic mass is 10.1. The predicted molar refractivity (Wildman–Crippen MR) is 122 cm³/mol. The van der Waals surface area contributed by atoms with Gasteiger partial charge in [0.2, 0.25) is 0 Å². The number of nitrogens with one attached hydrogen (secondary N) is 1. The number of nitrogens with zero attached hydrogens (tertiary/aromatic N) is 1. The monoisotopic (exact) mass is 461 g/mol. The number of aromatic nitrogens is 1. The summed E-state index contributed by atoms with van der Waals surface area (Å²) in [6.45, 7) is 9.13. The van der Waals surface area contributed by atoms with Crippen molar-refractivity contribution in [3.05, 3.63) is 38.2 Å². The summed E-state index contributed by atoms with van der Waals surface area (Å²) in [6.07, 6.45) is 0. The van der Waals surface area contributed by atoms with E-state index >= 15 is 0 Å². The molecule has 0 unspecified atom stereocenters. The van der Waals surface area contributed by atoms with E-state index in [0.29, 0.717) is 16.1 Å². The summed E-state index contributed by atoms with van der Waals surface area (Å²) in [5.41, 5.74) is 8.88. The molecule has 3 N–H and O–H groups in total. The first kappa shape index (κ1) is 22.7. The Balaban J connectivity index is 2.04. The lowest BCUT2D eigenvalue weighted by Crippen LogP contribution is -2.15. The molecule has 3 rings (SSSR count). The van der Waals surface area contributed by atoms with Crippen molar-refractivity contribution in [2.75, 3.05) is 24.3 Å². The van der Waals surface area contributed by atoms with E-state index in [1.165, 1.54) is 11.3 Å². The zero-order chi connectivity index (χ0) is 22.9. The first-order chi connectivity index (χ1) is 14.7. The number of amides is 1. The van der Waals surface area contributed by atoms with Gasteiger partial charge in [0.15, 0.2) is 0 Å². The molecular formula is C21H23N3O5S2. The predicted octanol–water partition coefficient (Wildman–Crippen LogP) is 4.47. The zero-order valence-electron chi connectivity index (χ0n) is 17.9.